The number of hydrogen-bond acceptors (Lipinski definition) is 3. The highest BCUT2D eigenvalue weighted by atomic mass is 32.1. The smallest absolute Gasteiger partial charge is 0.122 e. The van der Waals surface area contributed by atoms with Gasteiger partial charge in [-0.15, -0.1) is 11.3 Å². The van der Waals surface area contributed by atoms with Crippen LogP contribution in [-0.2, 0) is 6.42 Å². The van der Waals surface area contributed by atoms with Crippen molar-refractivity contribution >= 4 is 11.3 Å². The first-order valence-electron chi connectivity index (χ1n) is 6.31. The largest absolute Gasteiger partial charge is 0.493 e. The molecule has 1 aliphatic rings. The lowest BCUT2D eigenvalue weighted by molar-refractivity contribution is 0.288. The van der Waals surface area contributed by atoms with Crippen LogP contribution in [0.4, 0.5) is 0 Å². The monoisotopic (exact) mass is 259 g/mol. The van der Waals surface area contributed by atoms with Gasteiger partial charge in [0.1, 0.15) is 5.75 Å². The van der Waals surface area contributed by atoms with Gasteiger partial charge in [0.15, 0.2) is 0 Å². The van der Waals surface area contributed by atoms with Crippen molar-refractivity contribution in [1.82, 2.24) is 0 Å². The van der Waals surface area contributed by atoms with Crippen LogP contribution in [0.15, 0.2) is 29.6 Å². The van der Waals surface area contributed by atoms with Gasteiger partial charge in [0.2, 0.25) is 0 Å². The molecule has 3 heteroatoms. The van der Waals surface area contributed by atoms with Crippen LogP contribution in [0.3, 0.4) is 0 Å². The van der Waals surface area contributed by atoms with Gasteiger partial charge < -0.3 is 10.5 Å². The van der Waals surface area contributed by atoms with Crippen molar-refractivity contribution in [3.63, 3.8) is 0 Å². The molecule has 0 saturated carbocycles. The normalized spacial score (nSPS) is 15.9. The van der Waals surface area contributed by atoms with E-state index in [0.29, 0.717) is 0 Å². The lowest BCUT2D eigenvalue weighted by Crippen LogP contribution is -2.14. The highest BCUT2D eigenvalue weighted by Crippen LogP contribution is 2.32. The van der Waals surface area contributed by atoms with Crippen LogP contribution in [0, 0.1) is 6.92 Å². The summed E-state index contributed by atoms with van der Waals surface area (Å²) in [6.07, 6.45) is 2.20. The van der Waals surface area contributed by atoms with Gasteiger partial charge in [-0.1, -0.05) is 12.1 Å². The van der Waals surface area contributed by atoms with E-state index in [2.05, 4.69) is 36.6 Å². The Hall–Kier alpha value is -1.32. The standard InChI is InChI=1S/C15H17NOS/c1-10-6-8-18-15(10)14(16)12-4-5-13-11(9-12)3-2-7-17-13/h4-6,8-9,14H,2-3,7,16H2,1H3. The molecule has 1 aliphatic heterocycles. The third-order valence-corrected chi connectivity index (χ3v) is 4.58. The molecular weight excluding hydrogens is 242 g/mol. The zero-order valence-corrected chi connectivity index (χ0v) is 11.3. The molecular formula is C15H17NOS. The molecule has 1 aromatic carbocycles. The van der Waals surface area contributed by atoms with Gasteiger partial charge in [0, 0.05) is 4.88 Å². The molecule has 0 amide bonds. The molecule has 1 aromatic heterocycles. The van der Waals surface area contributed by atoms with E-state index in [1.165, 1.54) is 21.6 Å². The number of fused-ring (bicyclic) bond motifs is 1. The Balaban J connectivity index is 1.95. The van der Waals surface area contributed by atoms with E-state index in [-0.39, 0.29) is 6.04 Å². The van der Waals surface area contributed by atoms with Gasteiger partial charge in [0.05, 0.1) is 12.6 Å². The summed E-state index contributed by atoms with van der Waals surface area (Å²) in [7, 11) is 0. The zero-order chi connectivity index (χ0) is 12.5. The van der Waals surface area contributed by atoms with Crippen LogP contribution in [-0.4, -0.2) is 6.61 Å². The Morgan fingerprint density at radius 3 is 3.00 bits per heavy atom. The highest BCUT2D eigenvalue weighted by molar-refractivity contribution is 7.10. The predicted octanol–water partition coefficient (Wildman–Crippen LogP) is 3.43. The fourth-order valence-corrected chi connectivity index (χ4v) is 3.38. The Bertz CT molecular complexity index is 561. The van der Waals surface area contributed by atoms with Crippen molar-refractivity contribution in [3.8, 4) is 5.75 Å². The topological polar surface area (TPSA) is 35.2 Å². The minimum Gasteiger partial charge on any atom is -0.493 e. The third kappa shape index (κ3) is 2.04. The molecule has 94 valence electrons. The van der Waals surface area contributed by atoms with Crippen LogP contribution in [0.2, 0.25) is 0 Å². The number of thiophene rings is 1. The molecule has 0 aliphatic carbocycles. The molecule has 2 aromatic rings. The van der Waals surface area contributed by atoms with Gasteiger partial charge in [-0.05, 0) is 54.0 Å². The summed E-state index contributed by atoms with van der Waals surface area (Å²) in [6, 6.07) is 8.47. The summed E-state index contributed by atoms with van der Waals surface area (Å²) in [5, 5.41) is 2.10. The Morgan fingerprint density at radius 2 is 2.22 bits per heavy atom. The van der Waals surface area contributed by atoms with Crippen LogP contribution in [0.5, 0.6) is 5.75 Å². The summed E-state index contributed by atoms with van der Waals surface area (Å²) in [5.74, 6) is 1.03. The summed E-state index contributed by atoms with van der Waals surface area (Å²) in [5.41, 5.74) is 10.1. The minimum absolute atomic E-state index is 0.0165. The Morgan fingerprint density at radius 1 is 1.33 bits per heavy atom. The van der Waals surface area contributed by atoms with E-state index in [4.69, 9.17) is 10.5 Å². The molecule has 0 saturated heterocycles. The lowest BCUT2D eigenvalue weighted by Gasteiger charge is -2.20. The predicted molar refractivity (Wildman–Crippen MR) is 75.3 cm³/mol. The summed E-state index contributed by atoms with van der Waals surface area (Å²) in [6.45, 7) is 2.95. The number of rotatable bonds is 2. The Kier molecular flexibility index (Phi) is 3.10. The highest BCUT2D eigenvalue weighted by Gasteiger charge is 2.16. The first-order valence-corrected chi connectivity index (χ1v) is 7.19. The third-order valence-electron chi connectivity index (χ3n) is 3.48. The lowest BCUT2D eigenvalue weighted by atomic mass is 9.98. The maximum Gasteiger partial charge on any atom is 0.122 e. The molecule has 0 bridgehead atoms. The minimum atomic E-state index is -0.0165. The van der Waals surface area contributed by atoms with Crippen molar-refractivity contribution < 1.29 is 4.74 Å². The quantitative estimate of drug-likeness (QED) is 0.896. The van der Waals surface area contributed by atoms with E-state index < -0.39 is 0 Å². The summed E-state index contributed by atoms with van der Waals surface area (Å²) < 4.78 is 5.63. The van der Waals surface area contributed by atoms with Crippen molar-refractivity contribution in [1.29, 1.82) is 0 Å². The first-order chi connectivity index (χ1) is 8.75. The van der Waals surface area contributed by atoms with Gasteiger partial charge in [-0.25, -0.2) is 0 Å². The Labute approximate surface area is 111 Å². The number of nitrogens with two attached hydrogens (primary N) is 1. The van der Waals surface area contributed by atoms with E-state index in [1.54, 1.807) is 11.3 Å². The van der Waals surface area contributed by atoms with Crippen LogP contribution in [0.25, 0.3) is 0 Å². The average Bonchev–Trinajstić information content (AvgIpc) is 2.83. The fraction of sp³-hybridized carbons (Fsp3) is 0.333. The molecule has 3 rings (SSSR count). The van der Waals surface area contributed by atoms with E-state index in [0.717, 1.165) is 25.2 Å². The second kappa shape index (κ2) is 4.75. The van der Waals surface area contributed by atoms with Crippen LogP contribution >= 0.6 is 11.3 Å². The van der Waals surface area contributed by atoms with Crippen LogP contribution in [0.1, 0.15) is 34.0 Å². The summed E-state index contributed by atoms with van der Waals surface area (Å²) >= 11 is 1.73. The second-order valence-corrected chi connectivity index (χ2v) is 5.71. The molecule has 2 N–H and O–H groups in total. The van der Waals surface area contributed by atoms with Gasteiger partial charge in [0.25, 0.3) is 0 Å². The van der Waals surface area contributed by atoms with Gasteiger partial charge in [-0.3, -0.25) is 0 Å². The fourth-order valence-electron chi connectivity index (χ4n) is 2.43. The number of benzene rings is 1. The van der Waals surface area contributed by atoms with Gasteiger partial charge in [-0.2, -0.15) is 0 Å². The van der Waals surface area contributed by atoms with Crippen molar-refractivity contribution in [2.24, 2.45) is 5.73 Å². The average molecular weight is 259 g/mol. The number of ether oxygens (including phenoxy) is 1. The molecule has 2 nitrogen and oxygen atoms in total. The summed E-state index contributed by atoms with van der Waals surface area (Å²) in [4.78, 5) is 1.26. The molecule has 0 fully saturated rings. The second-order valence-electron chi connectivity index (χ2n) is 4.76. The van der Waals surface area contributed by atoms with Crippen molar-refractivity contribution in [3.05, 3.63) is 51.2 Å². The molecule has 0 radical (unpaired) electrons. The number of aryl methyl sites for hydroxylation is 2. The van der Waals surface area contributed by atoms with E-state index >= 15 is 0 Å². The van der Waals surface area contributed by atoms with E-state index in [9.17, 15) is 0 Å². The molecule has 0 spiro atoms. The molecule has 18 heavy (non-hydrogen) atoms. The maximum atomic E-state index is 6.36. The zero-order valence-electron chi connectivity index (χ0n) is 10.5. The van der Waals surface area contributed by atoms with Gasteiger partial charge >= 0.3 is 0 Å². The van der Waals surface area contributed by atoms with Crippen LogP contribution < -0.4 is 10.5 Å². The first kappa shape index (κ1) is 11.8. The molecule has 2 heterocycles. The molecule has 1 unspecified atom stereocenters. The van der Waals surface area contributed by atoms with E-state index in [1.807, 2.05) is 0 Å². The van der Waals surface area contributed by atoms with Crippen molar-refractivity contribution in [2.75, 3.05) is 6.61 Å². The molecule has 1 atom stereocenters. The number of hydrogen-bond donors (Lipinski definition) is 1. The van der Waals surface area contributed by atoms with Crippen molar-refractivity contribution in [2.45, 2.75) is 25.8 Å². The SMILES string of the molecule is Cc1ccsc1C(N)c1ccc2c(c1)CCCO2. The maximum absolute atomic E-state index is 6.36.